The Hall–Kier alpha value is -3.46. The summed E-state index contributed by atoms with van der Waals surface area (Å²) in [6.07, 6.45) is 5.79. The minimum absolute atomic E-state index is 0.228. The molecule has 1 aliphatic heterocycles. The monoisotopic (exact) mass is 469 g/mol. The van der Waals surface area contributed by atoms with Gasteiger partial charge in [-0.1, -0.05) is 24.4 Å². The molecule has 0 unspecified atom stereocenters. The number of carbonyl (C=O) groups is 1. The third-order valence-electron chi connectivity index (χ3n) is 5.77. The van der Waals surface area contributed by atoms with Gasteiger partial charge < -0.3 is 30.2 Å². The van der Waals surface area contributed by atoms with Crippen LogP contribution in [0.5, 0.6) is 17.2 Å². The summed E-state index contributed by atoms with van der Waals surface area (Å²) in [6.45, 7) is 0.850. The molecular formula is C23H24ClN5O4. The summed E-state index contributed by atoms with van der Waals surface area (Å²) >= 11 is 6.45. The highest BCUT2D eigenvalue weighted by atomic mass is 35.5. The molecule has 9 nitrogen and oxygen atoms in total. The summed E-state index contributed by atoms with van der Waals surface area (Å²) in [5.41, 5.74) is 1.88. The quantitative estimate of drug-likeness (QED) is 0.489. The van der Waals surface area contributed by atoms with Gasteiger partial charge in [-0.25, -0.2) is 14.8 Å². The third-order valence-corrected chi connectivity index (χ3v) is 6.08. The Morgan fingerprint density at radius 2 is 1.91 bits per heavy atom. The maximum absolute atomic E-state index is 12.3. The van der Waals surface area contributed by atoms with Crippen LogP contribution >= 0.6 is 11.6 Å². The molecule has 2 aliphatic rings. The van der Waals surface area contributed by atoms with Crippen molar-refractivity contribution in [1.29, 1.82) is 0 Å². The minimum Gasteiger partial charge on any atom is -0.493 e. The Balaban J connectivity index is 1.39. The van der Waals surface area contributed by atoms with Crippen LogP contribution in [0.3, 0.4) is 0 Å². The van der Waals surface area contributed by atoms with Crippen molar-refractivity contribution in [3.05, 3.63) is 35.6 Å². The number of methoxy groups -OCH3 is 1. The molecule has 172 valence electrons. The van der Waals surface area contributed by atoms with E-state index in [0.29, 0.717) is 63.6 Å². The zero-order chi connectivity index (χ0) is 22.8. The number of carbonyl (C=O) groups excluding carboxylic acids is 1. The number of nitrogens with zero attached hydrogens (tertiary/aromatic N) is 2. The minimum atomic E-state index is -0.246. The van der Waals surface area contributed by atoms with E-state index in [0.717, 1.165) is 25.7 Å². The Bertz CT molecular complexity index is 1200. The molecule has 33 heavy (non-hydrogen) atoms. The van der Waals surface area contributed by atoms with E-state index in [4.69, 9.17) is 25.8 Å². The first-order valence-electron chi connectivity index (χ1n) is 10.9. The fourth-order valence-corrected chi connectivity index (χ4v) is 4.43. The first kappa shape index (κ1) is 21.4. The highest BCUT2D eigenvalue weighted by Gasteiger charge is 2.24. The predicted octanol–water partition coefficient (Wildman–Crippen LogP) is 4.87. The molecule has 2 aromatic carbocycles. The Morgan fingerprint density at radius 3 is 2.67 bits per heavy atom. The van der Waals surface area contributed by atoms with Gasteiger partial charge in [-0.05, 0) is 31.0 Å². The molecule has 1 aliphatic carbocycles. The third kappa shape index (κ3) is 4.41. The first-order valence-corrected chi connectivity index (χ1v) is 11.3. The molecule has 3 N–H and O–H groups in total. The summed E-state index contributed by atoms with van der Waals surface area (Å²) in [7, 11) is 1.57. The van der Waals surface area contributed by atoms with E-state index >= 15 is 0 Å². The lowest BCUT2D eigenvalue weighted by molar-refractivity contribution is 0.167. The fourth-order valence-electron chi connectivity index (χ4n) is 4.20. The maximum Gasteiger partial charge on any atom is 0.319 e. The molecule has 0 bridgehead atoms. The molecule has 1 aromatic heterocycles. The number of aromatic nitrogens is 2. The number of benzene rings is 2. The van der Waals surface area contributed by atoms with Crippen LogP contribution in [0.2, 0.25) is 5.02 Å². The molecule has 2 amide bonds. The summed E-state index contributed by atoms with van der Waals surface area (Å²) in [6, 6.07) is 7.07. The van der Waals surface area contributed by atoms with Gasteiger partial charge in [-0.15, -0.1) is 0 Å². The second-order valence-corrected chi connectivity index (χ2v) is 8.36. The van der Waals surface area contributed by atoms with Crippen molar-refractivity contribution in [2.75, 3.05) is 31.0 Å². The van der Waals surface area contributed by atoms with E-state index < -0.39 is 0 Å². The van der Waals surface area contributed by atoms with Crippen LogP contribution < -0.4 is 30.2 Å². The van der Waals surface area contributed by atoms with Crippen LogP contribution in [0.15, 0.2) is 30.6 Å². The molecule has 0 atom stereocenters. The maximum atomic E-state index is 12.3. The van der Waals surface area contributed by atoms with Gasteiger partial charge in [0.25, 0.3) is 0 Å². The normalized spacial score (nSPS) is 15.3. The van der Waals surface area contributed by atoms with Crippen molar-refractivity contribution in [2.24, 2.45) is 0 Å². The Kier molecular flexibility index (Phi) is 5.95. The Morgan fingerprint density at radius 1 is 1.12 bits per heavy atom. The van der Waals surface area contributed by atoms with Gasteiger partial charge in [0.05, 0.1) is 28.7 Å². The van der Waals surface area contributed by atoms with E-state index in [1.165, 1.54) is 6.33 Å². The van der Waals surface area contributed by atoms with Crippen molar-refractivity contribution in [3.63, 3.8) is 0 Å². The smallest absolute Gasteiger partial charge is 0.319 e. The largest absolute Gasteiger partial charge is 0.493 e. The molecule has 0 spiro atoms. The summed E-state index contributed by atoms with van der Waals surface area (Å²) in [4.78, 5) is 21.0. The van der Waals surface area contributed by atoms with Crippen LogP contribution in [-0.2, 0) is 0 Å². The lowest BCUT2D eigenvalue weighted by Crippen LogP contribution is -2.36. The number of halogens is 1. The number of rotatable bonds is 5. The van der Waals surface area contributed by atoms with Gasteiger partial charge in [0, 0.05) is 17.8 Å². The lowest BCUT2D eigenvalue weighted by Gasteiger charge is -2.23. The van der Waals surface area contributed by atoms with Crippen LogP contribution in [0.4, 0.5) is 22.0 Å². The van der Waals surface area contributed by atoms with Gasteiger partial charge in [-0.3, -0.25) is 0 Å². The second kappa shape index (κ2) is 9.19. The molecule has 1 fully saturated rings. The van der Waals surface area contributed by atoms with E-state index in [1.54, 1.807) is 25.3 Å². The molecule has 0 saturated heterocycles. The zero-order valence-electron chi connectivity index (χ0n) is 18.1. The van der Waals surface area contributed by atoms with Gasteiger partial charge in [0.15, 0.2) is 11.5 Å². The van der Waals surface area contributed by atoms with Crippen molar-refractivity contribution in [2.45, 2.75) is 31.7 Å². The molecule has 0 radical (unpaired) electrons. The molecule has 1 saturated carbocycles. The van der Waals surface area contributed by atoms with Gasteiger partial charge in [-0.2, -0.15) is 0 Å². The van der Waals surface area contributed by atoms with E-state index in [-0.39, 0.29) is 12.1 Å². The molecule has 2 heterocycles. The number of ether oxygens (including phenoxy) is 3. The number of nitrogens with one attached hydrogen (secondary N) is 3. The fraction of sp³-hybridized carbons (Fsp3) is 0.348. The average Bonchev–Trinajstić information content (AvgIpc) is 3.33. The molecular weight excluding hydrogens is 446 g/mol. The number of anilines is 3. The number of urea groups is 1. The van der Waals surface area contributed by atoms with Crippen LogP contribution in [0.1, 0.15) is 25.7 Å². The van der Waals surface area contributed by atoms with Gasteiger partial charge in [0.1, 0.15) is 25.4 Å². The summed E-state index contributed by atoms with van der Waals surface area (Å²) in [5.74, 6) is 2.16. The summed E-state index contributed by atoms with van der Waals surface area (Å²) in [5, 5.41) is 10.2. The van der Waals surface area contributed by atoms with Crippen molar-refractivity contribution < 1.29 is 19.0 Å². The molecule has 10 heteroatoms. The van der Waals surface area contributed by atoms with E-state index in [2.05, 4.69) is 25.9 Å². The van der Waals surface area contributed by atoms with Gasteiger partial charge >= 0.3 is 6.03 Å². The van der Waals surface area contributed by atoms with Gasteiger partial charge in [0.2, 0.25) is 5.75 Å². The molecule has 5 rings (SSSR count). The Labute approximate surface area is 195 Å². The van der Waals surface area contributed by atoms with E-state index in [1.807, 2.05) is 6.07 Å². The topological polar surface area (TPSA) is 107 Å². The SMILES string of the molecule is COc1cc2ncnc(Nc3ccc(NC(=O)NC4CCCC4)c(Cl)c3)c2c2c1OCCO2. The molecule has 3 aromatic rings. The van der Waals surface area contributed by atoms with Crippen molar-refractivity contribution >= 4 is 45.7 Å². The van der Waals surface area contributed by atoms with Crippen LogP contribution in [0, 0.1) is 0 Å². The number of amides is 2. The first-order chi connectivity index (χ1) is 16.1. The number of hydrogen-bond donors (Lipinski definition) is 3. The highest BCUT2D eigenvalue weighted by molar-refractivity contribution is 6.34. The number of fused-ring (bicyclic) bond motifs is 3. The van der Waals surface area contributed by atoms with Crippen LogP contribution in [0.25, 0.3) is 10.9 Å². The van der Waals surface area contributed by atoms with Crippen molar-refractivity contribution in [1.82, 2.24) is 15.3 Å². The zero-order valence-corrected chi connectivity index (χ0v) is 18.9. The standard InChI is InChI=1S/C23H24ClN5O4/c1-31-18-11-17-19(21-20(18)32-8-9-33-21)22(26-12-25-17)27-14-6-7-16(15(24)10-14)29-23(30)28-13-4-2-3-5-13/h6-7,10-13H,2-5,8-9H2,1H3,(H,25,26,27)(H2,28,29,30). The lowest BCUT2D eigenvalue weighted by atomic mass is 10.1. The average molecular weight is 470 g/mol. The summed E-state index contributed by atoms with van der Waals surface area (Å²) < 4.78 is 17.1. The van der Waals surface area contributed by atoms with Crippen molar-refractivity contribution in [3.8, 4) is 17.2 Å². The van der Waals surface area contributed by atoms with E-state index in [9.17, 15) is 4.79 Å². The number of hydrogen-bond acceptors (Lipinski definition) is 7. The predicted molar refractivity (Wildman–Crippen MR) is 126 cm³/mol. The highest BCUT2D eigenvalue weighted by Crippen LogP contribution is 2.47. The van der Waals surface area contributed by atoms with Crippen LogP contribution in [-0.4, -0.2) is 42.4 Å². The second-order valence-electron chi connectivity index (χ2n) is 7.95.